The lowest BCUT2D eigenvalue weighted by Crippen LogP contribution is -2.59. The van der Waals surface area contributed by atoms with Crippen molar-refractivity contribution >= 4 is 11.4 Å². The van der Waals surface area contributed by atoms with Gasteiger partial charge in [0.1, 0.15) is 0 Å². The minimum absolute atomic E-state index is 0.0711. The van der Waals surface area contributed by atoms with Gasteiger partial charge >= 0.3 is 23.7 Å². The number of rotatable bonds is 13. The predicted molar refractivity (Wildman–Crippen MR) is 145 cm³/mol. The third-order valence-corrected chi connectivity index (χ3v) is 7.83. The van der Waals surface area contributed by atoms with Crippen LogP contribution in [0.4, 0.5) is 46.5 Å². The van der Waals surface area contributed by atoms with Crippen molar-refractivity contribution in [2.45, 2.75) is 116 Å². The van der Waals surface area contributed by atoms with Gasteiger partial charge in [-0.25, -0.2) is 0 Å². The third-order valence-electron chi connectivity index (χ3n) is 7.83. The van der Waals surface area contributed by atoms with E-state index in [-0.39, 0.29) is 46.5 Å². The largest absolute Gasteiger partial charge is 0.398 e. The minimum Gasteiger partial charge on any atom is -0.398 e. The van der Waals surface area contributed by atoms with Gasteiger partial charge in [0.05, 0.1) is 0 Å². The number of hydrogen-bond donors (Lipinski definition) is 2. The zero-order valence-electron chi connectivity index (χ0n) is 23.9. The van der Waals surface area contributed by atoms with E-state index >= 15 is 35.1 Å². The Balaban J connectivity index is 2.77. The zero-order chi connectivity index (χ0) is 30.8. The lowest BCUT2D eigenvalue weighted by molar-refractivity contribution is -0.374. The van der Waals surface area contributed by atoms with Crippen LogP contribution in [0.5, 0.6) is 0 Å². The van der Waals surface area contributed by atoms with Gasteiger partial charge in [-0.15, -0.1) is 0 Å². The topological polar surface area (TPSA) is 52.0 Å². The van der Waals surface area contributed by atoms with Crippen LogP contribution >= 0.6 is 0 Å². The van der Waals surface area contributed by atoms with Gasteiger partial charge in [0.2, 0.25) is 0 Å². The summed E-state index contributed by atoms with van der Waals surface area (Å²) in [5.41, 5.74) is 9.71. The number of aryl methyl sites for hydroxylation is 2. The lowest BCUT2D eigenvalue weighted by Gasteiger charge is -2.38. The minimum atomic E-state index is -6.47. The van der Waals surface area contributed by atoms with Crippen LogP contribution in [0, 0.1) is 0 Å². The fourth-order valence-electron chi connectivity index (χ4n) is 4.80. The molecular formula is C30H40F8N2. The standard InChI is InChI=1S/C30H40F8N2/c1-7-11-19-13-21(15-23(25(19)39)17(5)9-3)27(31,32)29(35,36)30(37,38)28(33,34)22-14-20(12-8-2)26(40)24(16-22)18(6)10-4/h13-18H,7-12,39-40H2,1-6H3. The van der Waals surface area contributed by atoms with E-state index in [1.54, 1.807) is 41.5 Å². The Bertz CT molecular complexity index is 1090. The van der Waals surface area contributed by atoms with Crippen molar-refractivity contribution in [2.75, 3.05) is 11.5 Å². The molecule has 2 nitrogen and oxygen atoms in total. The van der Waals surface area contributed by atoms with Crippen LogP contribution in [0.15, 0.2) is 24.3 Å². The molecule has 2 aromatic carbocycles. The van der Waals surface area contributed by atoms with Gasteiger partial charge in [-0.3, -0.25) is 0 Å². The quantitative estimate of drug-likeness (QED) is 0.183. The normalized spacial score (nSPS) is 14.8. The van der Waals surface area contributed by atoms with Crippen molar-refractivity contribution in [1.29, 1.82) is 0 Å². The molecule has 0 amide bonds. The van der Waals surface area contributed by atoms with Crippen molar-refractivity contribution in [3.63, 3.8) is 0 Å². The van der Waals surface area contributed by atoms with E-state index < -0.39 is 46.7 Å². The first-order chi connectivity index (χ1) is 18.4. The maximum absolute atomic E-state index is 15.5. The third kappa shape index (κ3) is 5.64. The number of alkyl halides is 8. The van der Waals surface area contributed by atoms with Crippen LogP contribution < -0.4 is 11.5 Å². The van der Waals surface area contributed by atoms with E-state index in [9.17, 15) is 0 Å². The van der Waals surface area contributed by atoms with Crippen molar-refractivity contribution in [3.8, 4) is 0 Å². The molecular weight excluding hydrogens is 540 g/mol. The number of halogens is 8. The van der Waals surface area contributed by atoms with E-state index in [2.05, 4.69) is 0 Å². The Labute approximate surface area is 231 Å². The molecule has 0 bridgehead atoms. The molecule has 0 spiro atoms. The molecule has 0 saturated carbocycles. The van der Waals surface area contributed by atoms with Crippen LogP contribution in [0.2, 0.25) is 0 Å². The van der Waals surface area contributed by atoms with Crippen LogP contribution in [0.25, 0.3) is 0 Å². The molecule has 2 rings (SSSR count). The second-order valence-corrected chi connectivity index (χ2v) is 10.7. The number of hydrogen-bond acceptors (Lipinski definition) is 2. The summed E-state index contributed by atoms with van der Waals surface area (Å²) in [4.78, 5) is 0. The molecule has 0 aliphatic carbocycles. The summed E-state index contributed by atoms with van der Waals surface area (Å²) in [5, 5.41) is 0. The fourth-order valence-corrected chi connectivity index (χ4v) is 4.80. The Hall–Kier alpha value is -2.52. The second kappa shape index (κ2) is 12.1. The van der Waals surface area contributed by atoms with Crippen LogP contribution in [-0.4, -0.2) is 11.8 Å². The number of nitrogen functional groups attached to an aromatic ring is 2. The van der Waals surface area contributed by atoms with Gasteiger partial charge in [-0.05, 0) is 84.0 Å². The Morgan fingerprint density at radius 3 is 1.12 bits per heavy atom. The molecule has 10 heteroatoms. The molecule has 0 aliphatic heterocycles. The summed E-state index contributed by atoms with van der Waals surface area (Å²) in [6.07, 6.45) is 1.82. The smallest absolute Gasteiger partial charge is 0.382 e. The Morgan fingerprint density at radius 2 is 0.875 bits per heavy atom. The first-order valence-electron chi connectivity index (χ1n) is 13.7. The van der Waals surface area contributed by atoms with Gasteiger partial charge in [0.15, 0.2) is 0 Å². The maximum atomic E-state index is 15.5. The molecule has 0 fully saturated rings. The predicted octanol–water partition coefficient (Wildman–Crippen LogP) is 9.94. The molecule has 40 heavy (non-hydrogen) atoms. The monoisotopic (exact) mass is 580 g/mol. The molecule has 2 unspecified atom stereocenters. The van der Waals surface area contributed by atoms with Crippen molar-refractivity contribution < 1.29 is 35.1 Å². The maximum Gasteiger partial charge on any atom is 0.382 e. The van der Waals surface area contributed by atoms with E-state index in [4.69, 9.17) is 11.5 Å². The lowest BCUT2D eigenvalue weighted by atomic mass is 9.84. The summed E-state index contributed by atoms with van der Waals surface area (Å²) in [7, 11) is 0. The highest BCUT2D eigenvalue weighted by Gasteiger charge is 2.81. The van der Waals surface area contributed by atoms with Crippen LogP contribution in [0.3, 0.4) is 0 Å². The SMILES string of the molecule is CCCc1cc(C(F)(F)C(F)(F)C(F)(F)C(F)(F)c2cc(CCC)c(N)c(C(C)CC)c2)cc(C(C)CC)c1N. The average molecular weight is 581 g/mol. The van der Waals surface area contributed by atoms with E-state index in [1.807, 2.05) is 0 Å². The molecule has 4 N–H and O–H groups in total. The summed E-state index contributed by atoms with van der Waals surface area (Å²) in [5.74, 6) is -25.2. The molecule has 0 aliphatic rings. The Morgan fingerprint density at radius 1 is 0.575 bits per heavy atom. The zero-order valence-corrected chi connectivity index (χ0v) is 23.9. The number of nitrogens with two attached hydrogens (primary N) is 2. The highest BCUT2D eigenvalue weighted by atomic mass is 19.4. The van der Waals surface area contributed by atoms with E-state index in [1.165, 1.54) is 0 Å². The molecule has 0 saturated heterocycles. The first kappa shape index (κ1) is 33.7. The summed E-state index contributed by atoms with van der Waals surface area (Å²) < 4.78 is 123. The van der Waals surface area contributed by atoms with Crippen LogP contribution in [0.1, 0.15) is 112 Å². The molecule has 2 aromatic rings. The first-order valence-corrected chi connectivity index (χ1v) is 13.7. The fraction of sp³-hybridized carbons (Fsp3) is 0.600. The molecule has 0 aromatic heterocycles. The average Bonchev–Trinajstić information content (AvgIpc) is 2.89. The van der Waals surface area contributed by atoms with Crippen molar-refractivity contribution in [2.24, 2.45) is 0 Å². The number of anilines is 2. The van der Waals surface area contributed by atoms with Gasteiger partial charge < -0.3 is 11.5 Å². The second-order valence-electron chi connectivity index (χ2n) is 10.7. The number of benzene rings is 2. The Kier molecular flexibility index (Phi) is 10.2. The molecule has 226 valence electrons. The van der Waals surface area contributed by atoms with E-state index in [0.29, 0.717) is 49.9 Å². The van der Waals surface area contributed by atoms with Crippen molar-refractivity contribution in [3.05, 3.63) is 57.6 Å². The van der Waals surface area contributed by atoms with Crippen LogP contribution in [-0.2, 0) is 24.7 Å². The summed E-state index contributed by atoms with van der Waals surface area (Å²) >= 11 is 0. The van der Waals surface area contributed by atoms with Crippen molar-refractivity contribution in [1.82, 2.24) is 0 Å². The highest BCUT2D eigenvalue weighted by molar-refractivity contribution is 5.59. The van der Waals surface area contributed by atoms with Gasteiger partial charge in [0, 0.05) is 22.5 Å². The van der Waals surface area contributed by atoms with Gasteiger partial charge in [-0.1, -0.05) is 54.4 Å². The summed E-state index contributed by atoms with van der Waals surface area (Å²) in [6, 6.07) is 2.51. The summed E-state index contributed by atoms with van der Waals surface area (Å²) in [6.45, 7) is 10.1. The van der Waals surface area contributed by atoms with Gasteiger partial charge in [-0.2, -0.15) is 35.1 Å². The molecule has 2 atom stereocenters. The van der Waals surface area contributed by atoms with Gasteiger partial charge in [0.25, 0.3) is 0 Å². The highest BCUT2D eigenvalue weighted by Crippen LogP contribution is 2.60. The van der Waals surface area contributed by atoms with E-state index in [0.717, 1.165) is 0 Å². The molecule has 0 heterocycles. The molecule has 0 radical (unpaired) electrons.